The molecule has 0 amide bonds. The first kappa shape index (κ1) is 13.3. The summed E-state index contributed by atoms with van der Waals surface area (Å²) in [6, 6.07) is 9.53. The van der Waals surface area contributed by atoms with E-state index in [4.69, 9.17) is 0 Å². The summed E-state index contributed by atoms with van der Waals surface area (Å²) in [5.74, 6) is -0.0118. The van der Waals surface area contributed by atoms with Crippen molar-refractivity contribution in [2.45, 2.75) is 37.4 Å². The molecule has 0 N–H and O–H groups in total. The number of benzene rings is 1. The third-order valence-corrected chi connectivity index (χ3v) is 5.59. The lowest BCUT2D eigenvalue weighted by Gasteiger charge is -2.20. The van der Waals surface area contributed by atoms with Crippen LogP contribution in [0.5, 0.6) is 0 Å². The highest BCUT2D eigenvalue weighted by Crippen LogP contribution is 2.22. The van der Waals surface area contributed by atoms with Gasteiger partial charge in [-0.1, -0.05) is 36.8 Å². The number of ketones is 1. The maximum atomic E-state index is 12.1. The summed E-state index contributed by atoms with van der Waals surface area (Å²) >= 11 is 0. The van der Waals surface area contributed by atoms with Crippen LogP contribution in [-0.2, 0) is 21.1 Å². The largest absolute Gasteiger partial charge is 0.298 e. The van der Waals surface area contributed by atoms with E-state index in [9.17, 15) is 13.2 Å². The zero-order valence-corrected chi connectivity index (χ0v) is 11.2. The number of rotatable bonds is 4. The lowest BCUT2D eigenvalue weighted by molar-refractivity contribution is -0.119. The van der Waals surface area contributed by atoms with E-state index in [1.54, 1.807) is 0 Å². The molecule has 0 radical (unpaired) electrons. The van der Waals surface area contributed by atoms with E-state index in [0.29, 0.717) is 19.3 Å². The van der Waals surface area contributed by atoms with Crippen LogP contribution in [-0.4, -0.2) is 25.2 Å². The van der Waals surface area contributed by atoms with Gasteiger partial charge in [-0.15, -0.1) is 0 Å². The second kappa shape index (κ2) is 5.65. The number of Topliss-reactive ketones (excluding diaryl/α,β-unsaturated/α-hetero) is 1. The molecule has 0 aromatic heterocycles. The Kier molecular flexibility index (Phi) is 4.17. The van der Waals surface area contributed by atoms with Crippen molar-refractivity contribution >= 4 is 15.6 Å². The fourth-order valence-corrected chi connectivity index (χ4v) is 4.23. The monoisotopic (exact) mass is 266 g/mol. The van der Waals surface area contributed by atoms with Gasteiger partial charge in [0.05, 0.1) is 5.75 Å². The highest BCUT2D eigenvalue weighted by atomic mass is 32.2. The van der Waals surface area contributed by atoms with Gasteiger partial charge in [-0.2, -0.15) is 0 Å². The van der Waals surface area contributed by atoms with Crippen LogP contribution in [0.1, 0.15) is 31.2 Å². The Balaban J connectivity index is 2.01. The first-order chi connectivity index (χ1) is 8.59. The number of hydrogen-bond donors (Lipinski definition) is 0. The number of carbonyl (C=O) groups is 1. The zero-order chi connectivity index (χ0) is 13.0. The standard InChI is InChI=1S/C14H18O3S/c15-13-8-4-5-9-14(13)18(16,17)11-10-12-6-2-1-3-7-12/h1-3,6-7,14H,4-5,8-11H2. The minimum Gasteiger partial charge on any atom is -0.298 e. The van der Waals surface area contributed by atoms with Crippen molar-refractivity contribution in [1.29, 1.82) is 0 Å². The van der Waals surface area contributed by atoms with Crippen molar-refractivity contribution in [3.63, 3.8) is 0 Å². The Morgan fingerprint density at radius 3 is 2.50 bits per heavy atom. The average molecular weight is 266 g/mol. The zero-order valence-electron chi connectivity index (χ0n) is 10.3. The van der Waals surface area contributed by atoms with Crippen molar-refractivity contribution in [2.75, 3.05) is 5.75 Å². The van der Waals surface area contributed by atoms with E-state index < -0.39 is 15.1 Å². The molecule has 0 heterocycles. The molecule has 1 unspecified atom stereocenters. The molecular weight excluding hydrogens is 248 g/mol. The molecule has 0 spiro atoms. The van der Waals surface area contributed by atoms with Crippen LogP contribution in [0.25, 0.3) is 0 Å². The molecule has 1 atom stereocenters. The summed E-state index contributed by atoms with van der Waals surface area (Å²) in [5, 5.41) is -0.741. The quantitative estimate of drug-likeness (QED) is 0.839. The van der Waals surface area contributed by atoms with Gasteiger partial charge < -0.3 is 0 Å². The van der Waals surface area contributed by atoms with Gasteiger partial charge in [-0.25, -0.2) is 8.42 Å². The second-order valence-electron chi connectivity index (χ2n) is 4.80. The number of aryl methyl sites for hydroxylation is 1. The number of hydrogen-bond acceptors (Lipinski definition) is 3. The molecule has 1 fully saturated rings. The number of carbonyl (C=O) groups excluding carboxylic acids is 1. The summed E-state index contributed by atoms with van der Waals surface area (Å²) in [5.41, 5.74) is 1.00. The van der Waals surface area contributed by atoms with Crippen molar-refractivity contribution in [3.8, 4) is 0 Å². The van der Waals surface area contributed by atoms with E-state index in [-0.39, 0.29) is 11.5 Å². The lowest BCUT2D eigenvalue weighted by atomic mass is 9.99. The van der Waals surface area contributed by atoms with Gasteiger partial charge in [-0.3, -0.25) is 4.79 Å². The summed E-state index contributed by atoms with van der Waals surface area (Å²) in [7, 11) is -3.28. The highest BCUT2D eigenvalue weighted by molar-refractivity contribution is 7.92. The molecular formula is C14H18O3S. The van der Waals surface area contributed by atoms with Crippen molar-refractivity contribution in [3.05, 3.63) is 35.9 Å². The van der Waals surface area contributed by atoms with Crippen LogP contribution < -0.4 is 0 Å². The summed E-state index contributed by atoms with van der Waals surface area (Å²) in [6.07, 6.45) is 3.11. The molecule has 98 valence electrons. The predicted octanol–water partition coefficient (Wildman–Crippen LogP) is 2.16. The van der Waals surface area contributed by atoms with E-state index in [2.05, 4.69) is 0 Å². The van der Waals surface area contributed by atoms with Gasteiger partial charge in [0, 0.05) is 6.42 Å². The van der Waals surface area contributed by atoms with E-state index >= 15 is 0 Å². The van der Waals surface area contributed by atoms with Crippen LogP contribution in [0.4, 0.5) is 0 Å². The van der Waals surface area contributed by atoms with Gasteiger partial charge >= 0.3 is 0 Å². The molecule has 1 aromatic carbocycles. The summed E-state index contributed by atoms with van der Waals surface area (Å²) in [4.78, 5) is 11.7. The Morgan fingerprint density at radius 2 is 1.83 bits per heavy atom. The summed E-state index contributed by atoms with van der Waals surface area (Å²) < 4.78 is 24.3. The topological polar surface area (TPSA) is 51.2 Å². The third-order valence-electron chi connectivity index (χ3n) is 3.45. The normalized spacial score (nSPS) is 20.9. The Labute approximate surface area is 108 Å². The Bertz CT molecular complexity index is 505. The first-order valence-corrected chi connectivity index (χ1v) is 8.09. The maximum absolute atomic E-state index is 12.1. The van der Waals surface area contributed by atoms with Crippen LogP contribution >= 0.6 is 0 Å². The fraction of sp³-hybridized carbons (Fsp3) is 0.500. The maximum Gasteiger partial charge on any atom is 0.160 e. The Hall–Kier alpha value is -1.16. The molecule has 0 bridgehead atoms. The summed E-state index contributed by atoms with van der Waals surface area (Å²) in [6.45, 7) is 0. The highest BCUT2D eigenvalue weighted by Gasteiger charge is 2.33. The molecule has 3 nitrogen and oxygen atoms in total. The first-order valence-electron chi connectivity index (χ1n) is 6.38. The number of sulfone groups is 1. The fourth-order valence-electron chi connectivity index (χ4n) is 2.38. The lowest BCUT2D eigenvalue weighted by Crippen LogP contribution is -2.35. The van der Waals surface area contributed by atoms with Gasteiger partial charge in [0.2, 0.25) is 0 Å². The SMILES string of the molecule is O=C1CCCCC1S(=O)(=O)CCc1ccccc1. The Morgan fingerprint density at radius 1 is 1.11 bits per heavy atom. The van der Waals surface area contributed by atoms with Crippen molar-refractivity contribution < 1.29 is 13.2 Å². The average Bonchev–Trinajstić information content (AvgIpc) is 2.38. The molecule has 1 saturated carbocycles. The van der Waals surface area contributed by atoms with Gasteiger partial charge in [-0.05, 0) is 24.8 Å². The third kappa shape index (κ3) is 3.19. The van der Waals surface area contributed by atoms with Crippen LogP contribution in [0.3, 0.4) is 0 Å². The molecule has 2 rings (SSSR count). The second-order valence-corrected chi connectivity index (χ2v) is 7.11. The molecule has 18 heavy (non-hydrogen) atoms. The van der Waals surface area contributed by atoms with Crippen LogP contribution in [0, 0.1) is 0 Å². The molecule has 1 aliphatic carbocycles. The molecule has 0 aliphatic heterocycles. The van der Waals surface area contributed by atoms with Crippen LogP contribution in [0.15, 0.2) is 30.3 Å². The smallest absolute Gasteiger partial charge is 0.160 e. The predicted molar refractivity (Wildman–Crippen MR) is 71.2 cm³/mol. The van der Waals surface area contributed by atoms with E-state index in [1.165, 1.54) is 0 Å². The molecule has 0 saturated heterocycles. The minimum atomic E-state index is -3.28. The van der Waals surface area contributed by atoms with E-state index in [0.717, 1.165) is 18.4 Å². The minimum absolute atomic E-state index is 0.0768. The van der Waals surface area contributed by atoms with Crippen molar-refractivity contribution in [1.82, 2.24) is 0 Å². The molecule has 4 heteroatoms. The van der Waals surface area contributed by atoms with Gasteiger partial charge in [0.25, 0.3) is 0 Å². The van der Waals surface area contributed by atoms with Crippen LogP contribution in [0.2, 0.25) is 0 Å². The van der Waals surface area contributed by atoms with Gasteiger partial charge in [0.15, 0.2) is 15.6 Å². The molecule has 1 aromatic rings. The van der Waals surface area contributed by atoms with E-state index in [1.807, 2.05) is 30.3 Å². The van der Waals surface area contributed by atoms with Gasteiger partial charge in [0.1, 0.15) is 5.25 Å². The molecule has 1 aliphatic rings. The van der Waals surface area contributed by atoms with Crippen molar-refractivity contribution in [2.24, 2.45) is 0 Å².